The zero-order valence-corrected chi connectivity index (χ0v) is 15.6. The minimum atomic E-state index is 0. The van der Waals surface area contributed by atoms with Crippen molar-refractivity contribution in [2.45, 2.75) is 25.4 Å². The van der Waals surface area contributed by atoms with Gasteiger partial charge >= 0.3 is 0 Å². The summed E-state index contributed by atoms with van der Waals surface area (Å²) in [4.78, 5) is 19.1. The highest BCUT2D eigenvalue weighted by molar-refractivity contribution is 5.85. The van der Waals surface area contributed by atoms with Gasteiger partial charge in [0.15, 0.2) is 0 Å². The Kier molecular flexibility index (Phi) is 4.85. The number of likely N-dealkylation sites (tertiary alicyclic amines) is 1. The molecule has 2 unspecified atom stereocenters. The Morgan fingerprint density at radius 3 is 2.74 bits per heavy atom. The summed E-state index contributed by atoms with van der Waals surface area (Å²) in [6, 6.07) is 15.5. The van der Waals surface area contributed by atoms with E-state index in [0.29, 0.717) is 30.1 Å². The molecule has 6 nitrogen and oxygen atoms in total. The van der Waals surface area contributed by atoms with E-state index in [0.717, 1.165) is 37.3 Å². The van der Waals surface area contributed by atoms with Crippen molar-refractivity contribution in [2.24, 2.45) is 5.92 Å². The van der Waals surface area contributed by atoms with Crippen molar-refractivity contribution in [3.8, 4) is 11.4 Å². The lowest BCUT2D eigenvalue weighted by Gasteiger charge is -2.42. The molecule has 3 aromatic rings. The SMILES string of the molecule is Cl.O=c1cccc2n1CC1CC2CN(Cc2nc(-c3ccccc3)no2)C1. The molecule has 7 heteroatoms. The van der Waals surface area contributed by atoms with E-state index >= 15 is 0 Å². The van der Waals surface area contributed by atoms with Crippen LogP contribution in [0.1, 0.15) is 23.9 Å². The van der Waals surface area contributed by atoms with Gasteiger partial charge in [0.2, 0.25) is 11.7 Å². The highest BCUT2D eigenvalue weighted by atomic mass is 35.5. The van der Waals surface area contributed by atoms with Crippen LogP contribution >= 0.6 is 12.4 Å². The summed E-state index contributed by atoms with van der Waals surface area (Å²) in [5, 5.41) is 4.11. The molecule has 27 heavy (non-hydrogen) atoms. The fraction of sp³-hybridized carbons (Fsp3) is 0.350. The van der Waals surface area contributed by atoms with Gasteiger partial charge in [-0.15, -0.1) is 12.4 Å². The molecule has 2 aliphatic rings. The number of halogens is 1. The Bertz CT molecular complexity index is 985. The molecule has 0 aliphatic carbocycles. The molecule has 140 valence electrons. The van der Waals surface area contributed by atoms with Crippen LogP contribution in [0.4, 0.5) is 0 Å². The van der Waals surface area contributed by atoms with Crippen LogP contribution < -0.4 is 5.56 Å². The lowest BCUT2D eigenvalue weighted by molar-refractivity contribution is 0.104. The van der Waals surface area contributed by atoms with E-state index < -0.39 is 0 Å². The zero-order chi connectivity index (χ0) is 17.5. The summed E-state index contributed by atoms with van der Waals surface area (Å²) in [7, 11) is 0. The Hall–Kier alpha value is -2.44. The predicted molar refractivity (Wildman–Crippen MR) is 104 cm³/mol. The first-order valence-corrected chi connectivity index (χ1v) is 9.06. The van der Waals surface area contributed by atoms with Crippen molar-refractivity contribution < 1.29 is 4.52 Å². The lowest BCUT2D eigenvalue weighted by atomic mass is 9.83. The average Bonchev–Trinajstić information content (AvgIpc) is 3.12. The lowest BCUT2D eigenvalue weighted by Crippen LogP contribution is -2.46. The minimum absolute atomic E-state index is 0. The number of pyridine rings is 1. The minimum Gasteiger partial charge on any atom is -0.338 e. The van der Waals surface area contributed by atoms with E-state index in [9.17, 15) is 4.79 Å². The average molecular weight is 385 g/mol. The van der Waals surface area contributed by atoms with Crippen LogP contribution in [0.15, 0.2) is 57.8 Å². The molecule has 0 radical (unpaired) electrons. The van der Waals surface area contributed by atoms with E-state index in [4.69, 9.17) is 4.52 Å². The van der Waals surface area contributed by atoms with Gasteiger partial charge in [0, 0.05) is 42.9 Å². The van der Waals surface area contributed by atoms with Crippen molar-refractivity contribution in [3.05, 3.63) is 70.5 Å². The van der Waals surface area contributed by atoms with Crippen molar-refractivity contribution in [3.63, 3.8) is 0 Å². The van der Waals surface area contributed by atoms with Gasteiger partial charge in [-0.05, 0) is 18.4 Å². The molecule has 0 N–H and O–H groups in total. The Balaban J connectivity index is 0.00000180. The molecular formula is C20H21ClN4O2. The van der Waals surface area contributed by atoms with E-state index in [1.165, 1.54) is 0 Å². The molecule has 0 spiro atoms. The molecule has 2 atom stereocenters. The largest absolute Gasteiger partial charge is 0.338 e. The van der Waals surface area contributed by atoms with Gasteiger partial charge in [-0.25, -0.2) is 0 Å². The molecule has 2 bridgehead atoms. The number of piperidine rings is 1. The third-order valence-corrected chi connectivity index (χ3v) is 5.41. The molecule has 1 fully saturated rings. The molecule has 0 saturated carbocycles. The third-order valence-electron chi connectivity index (χ3n) is 5.41. The summed E-state index contributed by atoms with van der Waals surface area (Å²) >= 11 is 0. The summed E-state index contributed by atoms with van der Waals surface area (Å²) in [5.74, 6) is 2.18. The van der Waals surface area contributed by atoms with Crippen LogP contribution in [-0.2, 0) is 13.1 Å². The maximum Gasteiger partial charge on any atom is 0.250 e. The van der Waals surface area contributed by atoms with Gasteiger partial charge in [-0.3, -0.25) is 9.69 Å². The van der Waals surface area contributed by atoms with Crippen LogP contribution in [0.3, 0.4) is 0 Å². The second-order valence-corrected chi connectivity index (χ2v) is 7.27. The van der Waals surface area contributed by atoms with Crippen molar-refractivity contribution >= 4 is 12.4 Å². The van der Waals surface area contributed by atoms with Crippen LogP contribution in [-0.4, -0.2) is 32.7 Å². The number of benzene rings is 1. The summed E-state index contributed by atoms with van der Waals surface area (Å²) < 4.78 is 7.43. The van der Waals surface area contributed by atoms with E-state index in [1.807, 2.05) is 41.0 Å². The number of fused-ring (bicyclic) bond motifs is 4. The Morgan fingerprint density at radius 1 is 1.04 bits per heavy atom. The molecule has 2 aliphatic heterocycles. The molecule has 1 aromatic carbocycles. The van der Waals surface area contributed by atoms with Crippen molar-refractivity contribution in [1.29, 1.82) is 0 Å². The van der Waals surface area contributed by atoms with Crippen LogP contribution in [0, 0.1) is 5.92 Å². The first kappa shape index (κ1) is 17.9. The Labute approximate surface area is 163 Å². The van der Waals surface area contributed by atoms with Crippen LogP contribution in [0.25, 0.3) is 11.4 Å². The second-order valence-electron chi connectivity index (χ2n) is 7.27. The predicted octanol–water partition coefficient (Wildman–Crippen LogP) is 2.94. The quantitative estimate of drug-likeness (QED) is 0.694. The standard InChI is InChI=1S/C20H20N4O2.ClH/c25-19-8-4-7-17-16-9-14(11-24(17)19)10-23(12-16)13-18-21-20(22-26-18)15-5-2-1-3-6-15;/h1-8,14,16H,9-13H2;1H. The molecule has 5 rings (SSSR count). The molecular weight excluding hydrogens is 364 g/mol. The highest BCUT2D eigenvalue weighted by Crippen LogP contribution is 2.35. The number of hydrogen-bond donors (Lipinski definition) is 0. The van der Waals surface area contributed by atoms with E-state index in [1.54, 1.807) is 6.07 Å². The van der Waals surface area contributed by atoms with Crippen molar-refractivity contribution in [1.82, 2.24) is 19.6 Å². The van der Waals surface area contributed by atoms with E-state index in [-0.39, 0.29) is 18.0 Å². The van der Waals surface area contributed by atoms with Crippen LogP contribution in [0.2, 0.25) is 0 Å². The van der Waals surface area contributed by atoms with Gasteiger partial charge in [-0.1, -0.05) is 41.6 Å². The zero-order valence-electron chi connectivity index (χ0n) is 14.8. The van der Waals surface area contributed by atoms with Crippen molar-refractivity contribution in [2.75, 3.05) is 13.1 Å². The fourth-order valence-corrected chi connectivity index (χ4v) is 4.34. The number of nitrogens with zero attached hydrogens (tertiary/aromatic N) is 4. The maximum absolute atomic E-state index is 12.1. The topological polar surface area (TPSA) is 64.2 Å². The highest BCUT2D eigenvalue weighted by Gasteiger charge is 2.34. The fourth-order valence-electron chi connectivity index (χ4n) is 4.34. The monoisotopic (exact) mass is 384 g/mol. The normalized spacial score (nSPS) is 21.3. The number of hydrogen-bond acceptors (Lipinski definition) is 5. The maximum atomic E-state index is 12.1. The third kappa shape index (κ3) is 3.42. The summed E-state index contributed by atoms with van der Waals surface area (Å²) in [5.41, 5.74) is 2.25. The van der Waals surface area contributed by atoms with Gasteiger partial charge in [0.05, 0.1) is 6.54 Å². The van der Waals surface area contributed by atoms with Gasteiger partial charge in [0.1, 0.15) is 0 Å². The van der Waals surface area contributed by atoms with Gasteiger partial charge in [0.25, 0.3) is 5.56 Å². The molecule has 4 heterocycles. The number of aromatic nitrogens is 3. The first-order chi connectivity index (χ1) is 12.8. The number of rotatable bonds is 3. The summed E-state index contributed by atoms with van der Waals surface area (Å²) in [6.45, 7) is 3.34. The first-order valence-electron chi connectivity index (χ1n) is 9.06. The Morgan fingerprint density at radius 2 is 1.89 bits per heavy atom. The second kappa shape index (κ2) is 7.29. The molecule has 2 aromatic heterocycles. The smallest absolute Gasteiger partial charge is 0.250 e. The molecule has 1 saturated heterocycles. The molecule has 0 amide bonds. The summed E-state index contributed by atoms with van der Waals surface area (Å²) in [6.07, 6.45) is 1.15. The van der Waals surface area contributed by atoms with Gasteiger partial charge < -0.3 is 9.09 Å². The van der Waals surface area contributed by atoms with Gasteiger partial charge in [-0.2, -0.15) is 4.98 Å². The van der Waals surface area contributed by atoms with E-state index in [2.05, 4.69) is 21.1 Å². The van der Waals surface area contributed by atoms with Crippen LogP contribution in [0.5, 0.6) is 0 Å².